The molecule has 1 saturated carbocycles. The maximum absolute atomic E-state index is 5.69. The lowest BCUT2D eigenvalue weighted by Crippen LogP contribution is -2.13. The monoisotopic (exact) mass is 326 g/mol. The maximum atomic E-state index is 5.69. The molecule has 1 fully saturated rings. The highest BCUT2D eigenvalue weighted by Crippen LogP contribution is 2.32. The van der Waals surface area contributed by atoms with Gasteiger partial charge in [0.2, 0.25) is 0 Å². The van der Waals surface area contributed by atoms with Crippen molar-refractivity contribution in [2.24, 2.45) is 11.8 Å². The van der Waals surface area contributed by atoms with Crippen LogP contribution in [0.15, 0.2) is 48.6 Å². The van der Waals surface area contributed by atoms with Crippen LogP contribution in [-0.4, -0.2) is 6.61 Å². The van der Waals surface area contributed by atoms with Crippen molar-refractivity contribution >= 4 is 0 Å². The number of benzene rings is 1. The van der Waals surface area contributed by atoms with Crippen molar-refractivity contribution in [1.29, 1.82) is 0 Å². The summed E-state index contributed by atoms with van der Waals surface area (Å²) in [5.41, 5.74) is 2.76. The van der Waals surface area contributed by atoms with E-state index in [0.717, 1.165) is 31.5 Å². The fourth-order valence-electron chi connectivity index (χ4n) is 3.62. The minimum Gasteiger partial charge on any atom is -0.376 e. The van der Waals surface area contributed by atoms with E-state index in [0.29, 0.717) is 0 Å². The first-order valence-electron chi connectivity index (χ1n) is 9.71. The van der Waals surface area contributed by atoms with Crippen LogP contribution in [0.4, 0.5) is 0 Å². The molecule has 0 bridgehead atoms. The van der Waals surface area contributed by atoms with Crippen LogP contribution in [0.2, 0.25) is 0 Å². The average Bonchev–Trinajstić information content (AvgIpc) is 2.62. The molecule has 0 atom stereocenters. The lowest BCUT2D eigenvalue weighted by atomic mass is 9.79. The van der Waals surface area contributed by atoms with Crippen LogP contribution in [0.5, 0.6) is 0 Å². The number of allylic oxidation sites excluding steroid dienone is 3. The Morgan fingerprint density at radius 1 is 0.958 bits per heavy atom. The minimum atomic E-state index is 0.729. The third kappa shape index (κ3) is 7.05. The predicted molar refractivity (Wildman–Crippen MR) is 104 cm³/mol. The topological polar surface area (TPSA) is 9.23 Å². The van der Waals surface area contributed by atoms with E-state index in [-0.39, 0.29) is 0 Å². The maximum Gasteiger partial charge on any atom is 0.0717 e. The summed E-state index contributed by atoms with van der Waals surface area (Å²) < 4.78 is 5.69. The number of rotatable bonds is 9. The fraction of sp³-hybridized carbons (Fsp3) is 0.565. The lowest BCUT2D eigenvalue weighted by molar-refractivity contribution is 0.125. The summed E-state index contributed by atoms with van der Waals surface area (Å²) in [4.78, 5) is 0. The summed E-state index contributed by atoms with van der Waals surface area (Å²) in [7, 11) is 0. The molecule has 0 spiro atoms. The zero-order chi connectivity index (χ0) is 17.0. The Morgan fingerprint density at radius 3 is 2.33 bits per heavy atom. The molecule has 132 valence electrons. The van der Waals surface area contributed by atoms with E-state index in [9.17, 15) is 0 Å². The van der Waals surface area contributed by atoms with E-state index >= 15 is 0 Å². The van der Waals surface area contributed by atoms with Crippen LogP contribution in [0, 0.1) is 11.8 Å². The normalized spacial score (nSPS) is 21.8. The molecular weight excluding hydrogens is 292 g/mol. The second-order valence-electron chi connectivity index (χ2n) is 7.07. The summed E-state index contributed by atoms with van der Waals surface area (Å²) >= 11 is 0. The summed E-state index contributed by atoms with van der Waals surface area (Å²) in [6.07, 6.45) is 18.0. The number of hydrogen-bond acceptors (Lipinski definition) is 1. The Kier molecular flexibility index (Phi) is 8.91. The summed E-state index contributed by atoms with van der Waals surface area (Å²) in [6, 6.07) is 9.04. The van der Waals surface area contributed by atoms with Gasteiger partial charge in [0.1, 0.15) is 0 Å². The number of aryl methyl sites for hydroxylation is 1. The third-order valence-electron chi connectivity index (χ3n) is 5.15. The third-order valence-corrected chi connectivity index (χ3v) is 5.15. The summed E-state index contributed by atoms with van der Waals surface area (Å²) in [5.74, 6) is 1.78. The molecule has 1 heteroatoms. The Labute approximate surface area is 148 Å². The van der Waals surface area contributed by atoms with Crippen LogP contribution in [0.25, 0.3) is 0 Å². The van der Waals surface area contributed by atoms with Gasteiger partial charge in [-0.25, -0.2) is 0 Å². The highest BCUT2D eigenvalue weighted by atomic mass is 16.5. The van der Waals surface area contributed by atoms with E-state index in [1.165, 1.54) is 49.7 Å². The molecule has 0 aliphatic heterocycles. The van der Waals surface area contributed by atoms with E-state index in [4.69, 9.17) is 4.74 Å². The quantitative estimate of drug-likeness (QED) is 0.372. The van der Waals surface area contributed by atoms with Gasteiger partial charge in [0.05, 0.1) is 13.2 Å². The molecule has 0 saturated heterocycles. The van der Waals surface area contributed by atoms with Crippen molar-refractivity contribution in [2.45, 2.75) is 65.4 Å². The van der Waals surface area contributed by atoms with Crippen LogP contribution in [0.3, 0.4) is 0 Å². The fourth-order valence-corrected chi connectivity index (χ4v) is 3.62. The minimum absolute atomic E-state index is 0.729. The van der Waals surface area contributed by atoms with Crippen LogP contribution < -0.4 is 0 Å². The summed E-state index contributed by atoms with van der Waals surface area (Å²) in [6.45, 7) is 5.73. The Morgan fingerprint density at radius 2 is 1.67 bits per heavy atom. The van der Waals surface area contributed by atoms with Gasteiger partial charge in [-0.2, -0.15) is 0 Å². The lowest BCUT2D eigenvalue weighted by Gasteiger charge is -2.26. The number of hydrogen-bond donors (Lipinski definition) is 0. The average molecular weight is 327 g/mol. The highest BCUT2D eigenvalue weighted by Gasteiger charge is 2.18. The molecule has 0 N–H and O–H groups in total. The zero-order valence-electron chi connectivity index (χ0n) is 15.5. The van der Waals surface area contributed by atoms with Gasteiger partial charge in [-0.3, -0.25) is 0 Å². The first-order valence-corrected chi connectivity index (χ1v) is 9.71. The van der Waals surface area contributed by atoms with Gasteiger partial charge in [0.25, 0.3) is 0 Å². The van der Waals surface area contributed by atoms with Crippen molar-refractivity contribution in [1.82, 2.24) is 0 Å². The van der Waals surface area contributed by atoms with E-state index in [2.05, 4.69) is 55.5 Å². The SMILES string of the molecule is C/C=C\[C@H]1CC[C@H](CCc2ccc(COCC/C=C/C)cc2)CC1. The zero-order valence-corrected chi connectivity index (χ0v) is 15.5. The van der Waals surface area contributed by atoms with Crippen molar-refractivity contribution in [3.8, 4) is 0 Å². The second-order valence-corrected chi connectivity index (χ2v) is 7.07. The molecule has 1 aliphatic carbocycles. The molecule has 0 radical (unpaired) electrons. The largest absolute Gasteiger partial charge is 0.376 e. The Bertz CT molecular complexity index is 489. The molecular formula is C23H34O. The van der Waals surface area contributed by atoms with Crippen LogP contribution in [-0.2, 0) is 17.8 Å². The molecule has 0 amide bonds. The van der Waals surface area contributed by atoms with Gasteiger partial charge in [-0.05, 0) is 81.8 Å². The molecule has 0 aromatic heterocycles. The van der Waals surface area contributed by atoms with E-state index in [1.54, 1.807) is 0 Å². The Balaban J connectivity index is 1.65. The van der Waals surface area contributed by atoms with Gasteiger partial charge in [0, 0.05) is 0 Å². The van der Waals surface area contributed by atoms with E-state index in [1.807, 2.05) is 6.92 Å². The molecule has 1 aromatic rings. The molecule has 1 aromatic carbocycles. The molecule has 0 unspecified atom stereocenters. The van der Waals surface area contributed by atoms with Gasteiger partial charge in [-0.1, -0.05) is 48.6 Å². The number of ether oxygens (including phenoxy) is 1. The molecule has 24 heavy (non-hydrogen) atoms. The first-order chi connectivity index (χ1) is 11.8. The molecule has 0 heterocycles. The summed E-state index contributed by atoms with van der Waals surface area (Å²) in [5, 5.41) is 0. The van der Waals surface area contributed by atoms with Gasteiger partial charge in [0.15, 0.2) is 0 Å². The van der Waals surface area contributed by atoms with Crippen molar-refractivity contribution in [2.75, 3.05) is 6.61 Å². The van der Waals surface area contributed by atoms with Crippen LogP contribution >= 0.6 is 0 Å². The van der Waals surface area contributed by atoms with Crippen molar-refractivity contribution < 1.29 is 4.74 Å². The van der Waals surface area contributed by atoms with Gasteiger partial charge < -0.3 is 4.74 Å². The van der Waals surface area contributed by atoms with Crippen molar-refractivity contribution in [3.05, 3.63) is 59.7 Å². The highest BCUT2D eigenvalue weighted by molar-refractivity contribution is 5.22. The second kappa shape index (κ2) is 11.3. The first kappa shape index (κ1) is 19.0. The smallest absolute Gasteiger partial charge is 0.0717 e. The molecule has 1 aliphatic rings. The van der Waals surface area contributed by atoms with Gasteiger partial charge in [-0.15, -0.1) is 0 Å². The molecule has 2 rings (SSSR count). The Hall–Kier alpha value is -1.34. The van der Waals surface area contributed by atoms with Crippen molar-refractivity contribution in [3.63, 3.8) is 0 Å². The predicted octanol–water partition coefficient (Wildman–Crippen LogP) is 6.48. The van der Waals surface area contributed by atoms with E-state index < -0.39 is 0 Å². The standard InChI is InChI=1S/C23H34O/c1-3-5-6-18-24-19-23-16-14-22(15-17-23)13-12-21-10-8-20(7-4-2)9-11-21/h3-5,7,14-17,20-21H,6,8-13,18-19H2,1-2H3/b5-3+,7-4-/t20-,21-. The molecule has 1 nitrogen and oxygen atoms in total. The van der Waals surface area contributed by atoms with Crippen LogP contribution in [0.1, 0.15) is 63.5 Å². The van der Waals surface area contributed by atoms with Gasteiger partial charge >= 0.3 is 0 Å².